The topological polar surface area (TPSA) is 15.3 Å². The zero-order chi connectivity index (χ0) is 10.5. The molecule has 0 aromatic heterocycles. The third-order valence-electron chi connectivity index (χ3n) is 3.55. The molecule has 0 unspecified atom stereocenters. The van der Waals surface area contributed by atoms with E-state index in [1.807, 2.05) is 12.1 Å². The molecular weight excluding hydrogens is 208 g/mol. The first-order valence-corrected chi connectivity index (χ1v) is 5.82. The second-order valence-corrected chi connectivity index (χ2v) is 5.25. The lowest BCUT2D eigenvalue weighted by Crippen LogP contribution is -2.27. The van der Waals surface area contributed by atoms with Crippen LogP contribution in [0, 0.1) is 5.41 Å². The van der Waals surface area contributed by atoms with E-state index in [1.54, 1.807) is 0 Å². The Kier molecular flexibility index (Phi) is 1.90. The van der Waals surface area contributed by atoms with Crippen molar-refractivity contribution in [1.29, 1.82) is 0 Å². The molecule has 0 atom stereocenters. The summed E-state index contributed by atoms with van der Waals surface area (Å²) in [6.45, 7) is 2.21. The quantitative estimate of drug-likeness (QED) is 0.726. The first-order valence-electron chi connectivity index (χ1n) is 5.44. The highest BCUT2D eigenvalue weighted by atomic mass is 35.5. The van der Waals surface area contributed by atoms with Crippen molar-refractivity contribution in [1.82, 2.24) is 0 Å². The molecule has 3 rings (SSSR count). The van der Waals surface area contributed by atoms with Crippen molar-refractivity contribution in [2.24, 2.45) is 5.41 Å². The smallest absolute Gasteiger partial charge is 0.0788 e. The Morgan fingerprint density at radius 3 is 2.93 bits per heavy atom. The number of halogens is 1. The second kappa shape index (κ2) is 3.05. The van der Waals surface area contributed by atoms with E-state index in [0.29, 0.717) is 5.41 Å². The number of anilines is 2. The van der Waals surface area contributed by atoms with Gasteiger partial charge in [-0.1, -0.05) is 17.7 Å². The largest absolute Gasteiger partial charge is 0.383 e. The summed E-state index contributed by atoms with van der Waals surface area (Å²) >= 11 is 6.24. The van der Waals surface area contributed by atoms with Crippen LogP contribution in [0.2, 0.25) is 5.02 Å². The normalized spacial score (nSPS) is 21.9. The van der Waals surface area contributed by atoms with Gasteiger partial charge in [0.2, 0.25) is 0 Å². The molecule has 0 radical (unpaired) electrons. The Hall–Kier alpha value is -0.890. The molecular formula is C12H15ClN2. The molecule has 1 aromatic rings. The van der Waals surface area contributed by atoms with E-state index in [2.05, 4.69) is 23.3 Å². The molecule has 2 nitrogen and oxygen atoms in total. The fourth-order valence-electron chi connectivity index (χ4n) is 2.48. The second-order valence-electron chi connectivity index (χ2n) is 4.85. The number of hydrogen-bond acceptors (Lipinski definition) is 2. The van der Waals surface area contributed by atoms with E-state index in [0.717, 1.165) is 23.8 Å². The summed E-state index contributed by atoms with van der Waals surface area (Å²) < 4.78 is 0. The van der Waals surface area contributed by atoms with Crippen LogP contribution in [0.5, 0.6) is 0 Å². The van der Waals surface area contributed by atoms with Crippen molar-refractivity contribution in [3.63, 3.8) is 0 Å². The van der Waals surface area contributed by atoms with Gasteiger partial charge in [0.25, 0.3) is 0 Å². The molecule has 1 aliphatic heterocycles. The average Bonchev–Trinajstić information content (AvgIpc) is 2.96. The van der Waals surface area contributed by atoms with Gasteiger partial charge in [0.1, 0.15) is 0 Å². The van der Waals surface area contributed by atoms with Crippen LogP contribution in [0.25, 0.3) is 0 Å². The Morgan fingerprint density at radius 1 is 1.40 bits per heavy atom. The van der Waals surface area contributed by atoms with E-state index in [9.17, 15) is 0 Å². The molecule has 0 saturated heterocycles. The van der Waals surface area contributed by atoms with Crippen LogP contribution >= 0.6 is 11.6 Å². The minimum Gasteiger partial charge on any atom is -0.383 e. The van der Waals surface area contributed by atoms with Crippen LogP contribution in [0.1, 0.15) is 12.8 Å². The first kappa shape index (κ1) is 9.34. The van der Waals surface area contributed by atoms with Gasteiger partial charge >= 0.3 is 0 Å². The number of benzene rings is 1. The first-order chi connectivity index (χ1) is 7.20. The van der Waals surface area contributed by atoms with Gasteiger partial charge in [-0.3, -0.25) is 0 Å². The predicted molar refractivity (Wildman–Crippen MR) is 64.9 cm³/mol. The van der Waals surface area contributed by atoms with Gasteiger partial charge in [-0.15, -0.1) is 0 Å². The van der Waals surface area contributed by atoms with E-state index in [4.69, 9.17) is 11.6 Å². The lowest BCUT2D eigenvalue weighted by atomic mass is 10.1. The Morgan fingerprint density at radius 2 is 2.20 bits per heavy atom. The molecule has 1 heterocycles. The molecule has 15 heavy (non-hydrogen) atoms. The molecule has 1 aromatic carbocycles. The van der Waals surface area contributed by atoms with Gasteiger partial charge in [-0.25, -0.2) is 0 Å². The average molecular weight is 223 g/mol. The van der Waals surface area contributed by atoms with Gasteiger partial charge in [-0.2, -0.15) is 0 Å². The number of nitrogens with zero attached hydrogens (tertiary/aromatic N) is 1. The number of para-hydroxylation sites is 1. The molecule has 80 valence electrons. The number of rotatable bonds is 0. The van der Waals surface area contributed by atoms with Crippen LogP contribution in [0.3, 0.4) is 0 Å². The van der Waals surface area contributed by atoms with Gasteiger partial charge < -0.3 is 10.2 Å². The van der Waals surface area contributed by atoms with Crippen molar-refractivity contribution in [3.8, 4) is 0 Å². The Balaban J connectivity index is 2.03. The fraction of sp³-hybridized carbons (Fsp3) is 0.500. The summed E-state index contributed by atoms with van der Waals surface area (Å²) in [6.07, 6.45) is 2.69. The molecule has 3 heteroatoms. The highest BCUT2D eigenvalue weighted by molar-refractivity contribution is 6.34. The molecule has 1 spiro atoms. The summed E-state index contributed by atoms with van der Waals surface area (Å²) in [7, 11) is 2.14. The number of hydrogen-bond donors (Lipinski definition) is 1. The minimum absolute atomic E-state index is 0.511. The van der Waals surface area contributed by atoms with Gasteiger partial charge in [0.05, 0.1) is 16.4 Å². The fourth-order valence-corrected chi connectivity index (χ4v) is 2.80. The molecule has 1 N–H and O–H groups in total. The molecule has 1 fully saturated rings. The monoisotopic (exact) mass is 222 g/mol. The summed E-state index contributed by atoms with van der Waals surface area (Å²) in [5.74, 6) is 0. The Labute approximate surface area is 95.2 Å². The van der Waals surface area contributed by atoms with Crippen molar-refractivity contribution in [3.05, 3.63) is 23.2 Å². The summed E-state index contributed by atoms with van der Waals surface area (Å²) in [4.78, 5) is 2.30. The van der Waals surface area contributed by atoms with Crippen LogP contribution in [0.4, 0.5) is 11.4 Å². The minimum atomic E-state index is 0.511. The zero-order valence-corrected chi connectivity index (χ0v) is 9.64. The van der Waals surface area contributed by atoms with Crippen LogP contribution in [0.15, 0.2) is 18.2 Å². The van der Waals surface area contributed by atoms with Gasteiger partial charge in [0, 0.05) is 25.6 Å². The number of nitrogens with one attached hydrogen (secondary N) is 1. The SMILES string of the molecule is CN1CC2(CC2)CNc2cccc(Cl)c21. The molecule has 0 amide bonds. The summed E-state index contributed by atoms with van der Waals surface area (Å²) in [5, 5.41) is 4.37. The van der Waals surface area contributed by atoms with E-state index >= 15 is 0 Å². The summed E-state index contributed by atoms with van der Waals surface area (Å²) in [5.41, 5.74) is 2.84. The number of fused-ring (bicyclic) bond motifs is 1. The van der Waals surface area contributed by atoms with Crippen LogP contribution < -0.4 is 10.2 Å². The maximum absolute atomic E-state index is 6.24. The standard InChI is InChI=1S/C12H15ClN2/c1-15-8-12(5-6-12)7-14-10-4-2-3-9(13)11(10)15/h2-4,14H,5-8H2,1H3. The lowest BCUT2D eigenvalue weighted by molar-refractivity contribution is 0.548. The molecule has 0 bridgehead atoms. The molecule has 1 saturated carbocycles. The molecule has 2 aliphatic rings. The van der Waals surface area contributed by atoms with Crippen LogP contribution in [-0.4, -0.2) is 20.1 Å². The maximum Gasteiger partial charge on any atom is 0.0788 e. The van der Waals surface area contributed by atoms with Crippen molar-refractivity contribution in [2.45, 2.75) is 12.8 Å². The Bertz CT molecular complexity index is 399. The van der Waals surface area contributed by atoms with E-state index < -0.39 is 0 Å². The highest BCUT2D eigenvalue weighted by Crippen LogP contribution is 2.50. The molecule has 1 aliphatic carbocycles. The third-order valence-corrected chi connectivity index (χ3v) is 3.86. The predicted octanol–water partition coefficient (Wildman–Crippen LogP) is 2.98. The van der Waals surface area contributed by atoms with E-state index in [1.165, 1.54) is 18.5 Å². The van der Waals surface area contributed by atoms with Gasteiger partial charge in [0.15, 0.2) is 0 Å². The highest BCUT2D eigenvalue weighted by Gasteiger charge is 2.45. The lowest BCUT2D eigenvalue weighted by Gasteiger charge is -2.22. The van der Waals surface area contributed by atoms with Gasteiger partial charge in [-0.05, 0) is 25.0 Å². The van der Waals surface area contributed by atoms with E-state index in [-0.39, 0.29) is 0 Å². The van der Waals surface area contributed by atoms with Crippen LogP contribution in [-0.2, 0) is 0 Å². The van der Waals surface area contributed by atoms with Crippen molar-refractivity contribution in [2.75, 3.05) is 30.4 Å². The summed E-state index contributed by atoms with van der Waals surface area (Å²) in [6, 6.07) is 6.08. The third kappa shape index (κ3) is 1.48. The zero-order valence-electron chi connectivity index (χ0n) is 8.89. The van der Waals surface area contributed by atoms with Crippen molar-refractivity contribution < 1.29 is 0 Å². The van der Waals surface area contributed by atoms with Crippen molar-refractivity contribution >= 4 is 23.0 Å². The maximum atomic E-state index is 6.24.